The molecule has 130 valence electrons. The highest BCUT2D eigenvalue weighted by atomic mass is 16.5. The van der Waals surface area contributed by atoms with E-state index in [9.17, 15) is 9.59 Å². The standard InChI is InChI=1S/C18H25N3O3/c22-17(13-21-10-11-24-14-18(21)23)19-16-6-8-20(9-7-16)12-15-4-2-1-3-5-15/h1-5,16H,6-14H2,(H,19,22). The highest BCUT2D eigenvalue weighted by Crippen LogP contribution is 2.14. The van der Waals surface area contributed by atoms with Crippen LogP contribution in [0.15, 0.2) is 30.3 Å². The van der Waals surface area contributed by atoms with Gasteiger partial charge in [0.1, 0.15) is 6.61 Å². The van der Waals surface area contributed by atoms with Crippen LogP contribution < -0.4 is 5.32 Å². The molecule has 1 N–H and O–H groups in total. The number of carbonyl (C=O) groups excluding carboxylic acids is 2. The van der Waals surface area contributed by atoms with Crippen LogP contribution >= 0.6 is 0 Å². The first kappa shape index (κ1) is 16.9. The lowest BCUT2D eigenvalue weighted by Gasteiger charge is -2.33. The van der Waals surface area contributed by atoms with E-state index in [2.05, 4.69) is 34.5 Å². The molecule has 0 atom stereocenters. The summed E-state index contributed by atoms with van der Waals surface area (Å²) >= 11 is 0. The fraction of sp³-hybridized carbons (Fsp3) is 0.556. The third kappa shape index (κ3) is 4.79. The molecule has 2 amide bonds. The van der Waals surface area contributed by atoms with Gasteiger partial charge < -0.3 is 15.0 Å². The van der Waals surface area contributed by atoms with Crippen molar-refractivity contribution in [3.63, 3.8) is 0 Å². The molecule has 2 fully saturated rings. The molecule has 2 aliphatic heterocycles. The summed E-state index contributed by atoms with van der Waals surface area (Å²) in [7, 11) is 0. The largest absolute Gasteiger partial charge is 0.370 e. The monoisotopic (exact) mass is 331 g/mol. The number of hydrogen-bond acceptors (Lipinski definition) is 4. The number of hydrogen-bond donors (Lipinski definition) is 1. The van der Waals surface area contributed by atoms with Gasteiger partial charge in [-0.05, 0) is 18.4 Å². The molecular weight excluding hydrogens is 306 g/mol. The van der Waals surface area contributed by atoms with Crippen molar-refractivity contribution in [1.82, 2.24) is 15.1 Å². The molecule has 3 rings (SSSR count). The van der Waals surface area contributed by atoms with Crippen LogP contribution in [0.1, 0.15) is 18.4 Å². The van der Waals surface area contributed by atoms with Gasteiger partial charge in [-0.2, -0.15) is 0 Å². The molecule has 0 bridgehead atoms. The number of amides is 2. The van der Waals surface area contributed by atoms with Crippen LogP contribution in [0.2, 0.25) is 0 Å². The first-order chi connectivity index (χ1) is 11.7. The minimum absolute atomic E-state index is 0.0632. The van der Waals surface area contributed by atoms with Gasteiger partial charge in [-0.3, -0.25) is 14.5 Å². The fourth-order valence-corrected chi connectivity index (χ4v) is 3.24. The Hall–Kier alpha value is -1.92. The smallest absolute Gasteiger partial charge is 0.249 e. The Labute approximate surface area is 142 Å². The van der Waals surface area contributed by atoms with E-state index in [-0.39, 0.29) is 31.0 Å². The fourth-order valence-electron chi connectivity index (χ4n) is 3.24. The zero-order valence-corrected chi connectivity index (χ0v) is 13.9. The Morgan fingerprint density at radius 1 is 1.17 bits per heavy atom. The lowest BCUT2D eigenvalue weighted by Crippen LogP contribution is -2.50. The maximum absolute atomic E-state index is 12.1. The van der Waals surface area contributed by atoms with Gasteiger partial charge in [0.15, 0.2) is 0 Å². The Morgan fingerprint density at radius 3 is 2.62 bits per heavy atom. The highest BCUT2D eigenvalue weighted by molar-refractivity contribution is 5.85. The van der Waals surface area contributed by atoms with E-state index in [1.54, 1.807) is 4.90 Å². The van der Waals surface area contributed by atoms with Crippen LogP contribution in [0.4, 0.5) is 0 Å². The topological polar surface area (TPSA) is 61.9 Å². The molecule has 2 aliphatic rings. The Balaban J connectivity index is 1.38. The number of nitrogens with one attached hydrogen (secondary N) is 1. The summed E-state index contributed by atoms with van der Waals surface area (Å²) < 4.78 is 5.08. The van der Waals surface area contributed by atoms with Crippen molar-refractivity contribution in [2.45, 2.75) is 25.4 Å². The molecule has 2 heterocycles. The average molecular weight is 331 g/mol. The number of nitrogens with zero attached hydrogens (tertiary/aromatic N) is 2. The highest BCUT2D eigenvalue weighted by Gasteiger charge is 2.24. The summed E-state index contributed by atoms with van der Waals surface area (Å²) in [6.45, 7) is 4.17. The van der Waals surface area contributed by atoms with Gasteiger partial charge >= 0.3 is 0 Å². The number of ether oxygens (including phenoxy) is 1. The Kier molecular flexibility index (Phi) is 5.82. The third-order valence-corrected chi connectivity index (χ3v) is 4.62. The van der Waals surface area contributed by atoms with Gasteiger partial charge in [0.25, 0.3) is 0 Å². The summed E-state index contributed by atoms with van der Waals surface area (Å²) in [5.74, 6) is -0.166. The number of piperidine rings is 1. The lowest BCUT2D eigenvalue weighted by atomic mass is 10.0. The number of likely N-dealkylation sites (tertiary alicyclic amines) is 1. The second kappa shape index (κ2) is 8.26. The van der Waals surface area contributed by atoms with E-state index in [0.717, 1.165) is 32.5 Å². The minimum Gasteiger partial charge on any atom is -0.370 e. The van der Waals surface area contributed by atoms with Crippen molar-refractivity contribution >= 4 is 11.8 Å². The van der Waals surface area contributed by atoms with Crippen molar-refractivity contribution in [1.29, 1.82) is 0 Å². The summed E-state index contributed by atoms with van der Waals surface area (Å²) in [5, 5.41) is 3.07. The number of carbonyl (C=O) groups is 2. The van der Waals surface area contributed by atoms with Gasteiger partial charge in [0, 0.05) is 32.2 Å². The quantitative estimate of drug-likeness (QED) is 0.859. The van der Waals surface area contributed by atoms with E-state index in [0.29, 0.717) is 13.2 Å². The van der Waals surface area contributed by atoms with Crippen LogP contribution in [0.25, 0.3) is 0 Å². The third-order valence-electron chi connectivity index (χ3n) is 4.62. The number of morpholine rings is 1. The van der Waals surface area contributed by atoms with E-state index in [4.69, 9.17) is 4.74 Å². The molecule has 2 saturated heterocycles. The molecule has 0 aliphatic carbocycles. The van der Waals surface area contributed by atoms with Crippen molar-refractivity contribution in [3.05, 3.63) is 35.9 Å². The molecule has 0 radical (unpaired) electrons. The normalized spacial score (nSPS) is 20.2. The summed E-state index contributed by atoms with van der Waals surface area (Å²) in [6, 6.07) is 10.7. The zero-order valence-electron chi connectivity index (χ0n) is 13.9. The van der Waals surface area contributed by atoms with Gasteiger partial charge in [-0.1, -0.05) is 30.3 Å². The van der Waals surface area contributed by atoms with E-state index >= 15 is 0 Å². The second-order valence-corrected chi connectivity index (χ2v) is 6.47. The molecule has 0 saturated carbocycles. The summed E-state index contributed by atoms with van der Waals surface area (Å²) in [6.07, 6.45) is 1.91. The molecule has 6 nitrogen and oxygen atoms in total. The van der Waals surface area contributed by atoms with E-state index in [1.807, 2.05) is 6.07 Å². The molecule has 1 aromatic rings. The Bertz CT molecular complexity index is 556. The molecule has 24 heavy (non-hydrogen) atoms. The molecule has 0 aromatic heterocycles. The van der Waals surface area contributed by atoms with Gasteiger partial charge in [-0.15, -0.1) is 0 Å². The van der Waals surface area contributed by atoms with Gasteiger partial charge in [0.2, 0.25) is 11.8 Å². The van der Waals surface area contributed by atoms with Crippen molar-refractivity contribution in [2.75, 3.05) is 39.4 Å². The number of benzene rings is 1. The predicted octanol–water partition coefficient (Wildman–Crippen LogP) is 0.626. The van der Waals surface area contributed by atoms with Crippen molar-refractivity contribution in [3.8, 4) is 0 Å². The first-order valence-corrected chi connectivity index (χ1v) is 8.62. The SMILES string of the molecule is O=C(CN1CCOCC1=O)NC1CCN(Cc2ccccc2)CC1. The van der Waals surface area contributed by atoms with Gasteiger partial charge in [0.05, 0.1) is 13.2 Å². The van der Waals surface area contributed by atoms with Crippen molar-refractivity contribution in [2.24, 2.45) is 0 Å². The average Bonchev–Trinajstić information content (AvgIpc) is 2.60. The molecule has 1 aromatic carbocycles. The zero-order chi connectivity index (χ0) is 16.8. The van der Waals surface area contributed by atoms with Crippen molar-refractivity contribution < 1.29 is 14.3 Å². The van der Waals surface area contributed by atoms with Crippen LogP contribution in [0.3, 0.4) is 0 Å². The van der Waals surface area contributed by atoms with E-state index < -0.39 is 0 Å². The number of rotatable bonds is 5. The summed E-state index contributed by atoms with van der Waals surface area (Å²) in [5.41, 5.74) is 1.32. The molecule has 6 heteroatoms. The van der Waals surface area contributed by atoms with Crippen LogP contribution in [0.5, 0.6) is 0 Å². The molecule has 0 spiro atoms. The van der Waals surface area contributed by atoms with Gasteiger partial charge in [-0.25, -0.2) is 0 Å². The summed E-state index contributed by atoms with van der Waals surface area (Å²) in [4.78, 5) is 27.8. The Morgan fingerprint density at radius 2 is 1.92 bits per heavy atom. The maximum Gasteiger partial charge on any atom is 0.249 e. The maximum atomic E-state index is 12.1. The van der Waals surface area contributed by atoms with Crippen LogP contribution in [-0.2, 0) is 20.9 Å². The predicted molar refractivity (Wildman–Crippen MR) is 90.3 cm³/mol. The first-order valence-electron chi connectivity index (χ1n) is 8.62. The second-order valence-electron chi connectivity index (χ2n) is 6.47. The van der Waals surface area contributed by atoms with Crippen LogP contribution in [0, 0.1) is 0 Å². The molecular formula is C18H25N3O3. The minimum atomic E-state index is -0.103. The lowest BCUT2D eigenvalue weighted by molar-refractivity contribution is -0.146. The molecule has 0 unspecified atom stereocenters. The van der Waals surface area contributed by atoms with Crippen LogP contribution in [-0.4, -0.2) is 67.0 Å². The van der Waals surface area contributed by atoms with E-state index in [1.165, 1.54) is 5.56 Å².